The van der Waals surface area contributed by atoms with Crippen molar-refractivity contribution in [1.82, 2.24) is 4.90 Å². The van der Waals surface area contributed by atoms with Gasteiger partial charge in [0.05, 0.1) is 17.6 Å². The molecule has 0 aromatic heterocycles. The van der Waals surface area contributed by atoms with Crippen LogP contribution in [0.15, 0.2) is 0 Å². The van der Waals surface area contributed by atoms with Crippen molar-refractivity contribution >= 4 is 9.84 Å². The SMILES string of the molecule is CC1CS(=O)(=O)CCN1C1CCC(O)CC1. The Hall–Kier alpha value is -0.130. The Morgan fingerprint density at radius 3 is 2.38 bits per heavy atom. The molecule has 16 heavy (non-hydrogen) atoms. The quantitative estimate of drug-likeness (QED) is 0.729. The van der Waals surface area contributed by atoms with E-state index in [1.165, 1.54) is 0 Å². The predicted molar refractivity (Wildman–Crippen MR) is 63.1 cm³/mol. The largest absolute Gasteiger partial charge is 0.393 e. The van der Waals surface area contributed by atoms with Gasteiger partial charge in [-0.1, -0.05) is 0 Å². The van der Waals surface area contributed by atoms with Gasteiger partial charge in [-0.25, -0.2) is 8.42 Å². The van der Waals surface area contributed by atoms with Crippen molar-refractivity contribution in [1.29, 1.82) is 0 Å². The third-order valence-corrected chi connectivity index (χ3v) is 5.65. The van der Waals surface area contributed by atoms with Gasteiger partial charge in [0, 0.05) is 18.6 Å². The van der Waals surface area contributed by atoms with E-state index in [2.05, 4.69) is 4.90 Å². The molecule has 94 valence electrons. The Morgan fingerprint density at radius 2 is 1.81 bits per heavy atom. The fraction of sp³-hybridized carbons (Fsp3) is 1.00. The van der Waals surface area contributed by atoms with Crippen molar-refractivity contribution in [3.05, 3.63) is 0 Å². The third kappa shape index (κ3) is 2.76. The molecule has 0 aromatic rings. The molecular weight excluding hydrogens is 226 g/mol. The van der Waals surface area contributed by atoms with Crippen LogP contribution in [0.1, 0.15) is 32.6 Å². The molecule has 5 heteroatoms. The van der Waals surface area contributed by atoms with Crippen molar-refractivity contribution in [3.8, 4) is 0 Å². The van der Waals surface area contributed by atoms with E-state index in [1.807, 2.05) is 6.92 Å². The van der Waals surface area contributed by atoms with E-state index in [4.69, 9.17) is 0 Å². The summed E-state index contributed by atoms with van der Waals surface area (Å²) in [4.78, 5) is 2.33. The lowest BCUT2D eigenvalue weighted by Gasteiger charge is -2.41. The first-order valence-corrected chi connectivity index (χ1v) is 7.94. The summed E-state index contributed by atoms with van der Waals surface area (Å²) in [5.74, 6) is 0.600. The van der Waals surface area contributed by atoms with E-state index >= 15 is 0 Å². The second-order valence-corrected chi connectivity index (χ2v) is 7.39. The molecule has 1 saturated carbocycles. The number of hydrogen-bond acceptors (Lipinski definition) is 4. The van der Waals surface area contributed by atoms with Crippen LogP contribution in [0.5, 0.6) is 0 Å². The zero-order chi connectivity index (χ0) is 11.8. The predicted octanol–water partition coefficient (Wildman–Crippen LogP) is 0.409. The molecule has 2 rings (SSSR count). The van der Waals surface area contributed by atoms with Gasteiger partial charge in [-0.05, 0) is 32.6 Å². The highest BCUT2D eigenvalue weighted by Gasteiger charge is 2.34. The van der Waals surface area contributed by atoms with Crippen molar-refractivity contribution in [2.24, 2.45) is 0 Å². The lowest BCUT2D eigenvalue weighted by molar-refractivity contribution is 0.0610. The molecule has 4 nitrogen and oxygen atoms in total. The number of nitrogens with zero attached hydrogens (tertiary/aromatic N) is 1. The third-order valence-electron chi connectivity index (χ3n) is 3.86. The number of hydrogen-bond donors (Lipinski definition) is 1. The molecule has 0 amide bonds. The van der Waals surface area contributed by atoms with Crippen molar-refractivity contribution in [2.45, 2.75) is 50.8 Å². The maximum Gasteiger partial charge on any atom is 0.153 e. The van der Waals surface area contributed by atoms with Crippen molar-refractivity contribution in [3.63, 3.8) is 0 Å². The number of aliphatic hydroxyl groups excluding tert-OH is 1. The smallest absolute Gasteiger partial charge is 0.153 e. The Morgan fingerprint density at radius 1 is 1.19 bits per heavy atom. The molecule has 1 saturated heterocycles. The molecular formula is C11H21NO3S. The van der Waals surface area contributed by atoms with Crippen LogP contribution in [-0.2, 0) is 9.84 Å². The maximum atomic E-state index is 11.5. The normalized spacial score (nSPS) is 40.8. The second kappa shape index (κ2) is 4.63. The molecule has 1 aliphatic carbocycles. The highest BCUT2D eigenvalue weighted by atomic mass is 32.2. The van der Waals surface area contributed by atoms with E-state index in [0.29, 0.717) is 24.1 Å². The fourth-order valence-electron chi connectivity index (χ4n) is 2.94. The van der Waals surface area contributed by atoms with Gasteiger partial charge in [0.25, 0.3) is 0 Å². The molecule has 1 heterocycles. The summed E-state index contributed by atoms with van der Waals surface area (Å²) in [6, 6.07) is 0.618. The van der Waals surface area contributed by atoms with E-state index in [-0.39, 0.29) is 12.1 Å². The first-order valence-electron chi connectivity index (χ1n) is 6.12. The van der Waals surface area contributed by atoms with E-state index < -0.39 is 9.84 Å². The van der Waals surface area contributed by atoms with Gasteiger partial charge in [0.2, 0.25) is 0 Å². The zero-order valence-corrected chi connectivity index (χ0v) is 10.6. The lowest BCUT2D eigenvalue weighted by Crippen LogP contribution is -2.52. The average molecular weight is 247 g/mol. The summed E-state index contributed by atoms with van der Waals surface area (Å²) >= 11 is 0. The summed E-state index contributed by atoms with van der Waals surface area (Å²) in [6.07, 6.45) is 3.60. The minimum absolute atomic E-state index is 0.138. The van der Waals surface area contributed by atoms with Crippen LogP contribution >= 0.6 is 0 Å². The molecule has 1 unspecified atom stereocenters. The van der Waals surface area contributed by atoms with Gasteiger partial charge in [0.15, 0.2) is 9.84 Å². The standard InChI is InChI=1S/C11H21NO3S/c1-9-8-16(14,15)7-6-12(9)10-2-4-11(13)5-3-10/h9-11,13H,2-8H2,1H3. The first-order chi connectivity index (χ1) is 7.48. The summed E-state index contributed by atoms with van der Waals surface area (Å²) in [7, 11) is -2.81. The van der Waals surface area contributed by atoms with Gasteiger partial charge in [-0.15, -0.1) is 0 Å². The van der Waals surface area contributed by atoms with E-state index in [9.17, 15) is 13.5 Å². The Kier molecular flexibility index (Phi) is 3.56. The molecule has 0 bridgehead atoms. The van der Waals surface area contributed by atoms with E-state index in [0.717, 1.165) is 25.7 Å². The molecule has 1 N–H and O–H groups in total. The van der Waals surface area contributed by atoms with Gasteiger partial charge in [-0.2, -0.15) is 0 Å². The van der Waals surface area contributed by atoms with Crippen LogP contribution < -0.4 is 0 Å². The molecule has 2 fully saturated rings. The van der Waals surface area contributed by atoms with Gasteiger partial charge in [-0.3, -0.25) is 4.90 Å². The van der Waals surface area contributed by atoms with E-state index in [1.54, 1.807) is 0 Å². The summed E-state index contributed by atoms with van der Waals surface area (Å²) in [5, 5.41) is 9.46. The minimum atomic E-state index is -2.81. The highest BCUT2D eigenvalue weighted by molar-refractivity contribution is 7.91. The summed E-state index contributed by atoms with van der Waals surface area (Å²) in [6.45, 7) is 2.67. The Labute approximate surface area is 97.6 Å². The van der Waals surface area contributed by atoms with Crippen LogP contribution in [0.3, 0.4) is 0 Å². The average Bonchev–Trinajstić information content (AvgIpc) is 2.19. The summed E-state index contributed by atoms with van der Waals surface area (Å²) < 4.78 is 22.9. The number of sulfone groups is 1. The zero-order valence-electron chi connectivity index (χ0n) is 9.80. The highest BCUT2D eigenvalue weighted by Crippen LogP contribution is 2.26. The van der Waals surface area contributed by atoms with Crippen LogP contribution in [0.25, 0.3) is 0 Å². The molecule has 0 radical (unpaired) electrons. The summed E-state index contributed by atoms with van der Waals surface area (Å²) in [5.41, 5.74) is 0. The van der Waals surface area contributed by atoms with Gasteiger partial charge >= 0.3 is 0 Å². The van der Waals surface area contributed by atoms with Crippen LogP contribution in [-0.4, -0.2) is 54.7 Å². The monoisotopic (exact) mass is 247 g/mol. The van der Waals surface area contributed by atoms with Crippen LogP contribution in [0, 0.1) is 0 Å². The van der Waals surface area contributed by atoms with Crippen LogP contribution in [0.2, 0.25) is 0 Å². The Bertz CT molecular complexity index is 333. The molecule has 0 aromatic carbocycles. The van der Waals surface area contributed by atoms with Crippen molar-refractivity contribution in [2.75, 3.05) is 18.1 Å². The second-order valence-electron chi connectivity index (χ2n) is 5.16. The van der Waals surface area contributed by atoms with Gasteiger partial charge < -0.3 is 5.11 Å². The van der Waals surface area contributed by atoms with Crippen LogP contribution in [0.4, 0.5) is 0 Å². The molecule has 1 aliphatic heterocycles. The first kappa shape index (κ1) is 12.3. The maximum absolute atomic E-state index is 11.5. The van der Waals surface area contributed by atoms with Crippen molar-refractivity contribution < 1.29 is 13.5 Å². The topological polar surface area (TPSA) is 57.6 Å². The minimum Gasteiger partial charge on any atom is -0.393 e. The number of aliphatic hydroxyl groups is 1. The Balaban J connectivity index is 1.95. The van der Waals surface area contributed by atoms with Gasteiger partial charge in [0.1, 0.15) is 0 Å². The molecule has 1 atom stereocenters. The lowest BCUT2D eigenvalue weighted by atomic mass is 9.91. The molecule has 2 aliphatic rings. The molecule has 0 spiro atoms. The fourth-order valence-corrected chi connectivity index (χ4v) is 4.53. The number of rotatable bonds is 1.